The molecule has 2 unspecified atom stereocenters. The first-order valence-electron chi connectivity index (χ1n) is 6.09. The van der Waals surface area contributed by atoms with Gasteiger partial charge in [-0.2, -0.15) is 0 Å². The van der Waals surface area contributed by atoms with Crippen LogP contribution >= 0.6 is 0 Å². The number of nitrogens with one attached hydrogen (secondary N) is 1. The van der Waals surface area contributed by atoms with Gasteiger partial charge < -0.3 is 10.1 Å². The molecule has 2 rings (SSSR count). The number of fused-ring (bicyclic) bond motifs is 1. The number of ether oxygens (including phenoxy) is 1. The summed E-state index contributed by atoms with van der Waals surface area (Å²) in [6.45, 7) is 5.40. The van der Waals surface area contributed by atoms with Crippen LogP contribution in [0.25, 0.3) is 0 Å². The molecule has 0 saturated heterocycles. The van der Waals surface area contributed by atoms with Crippen LogP contribution < -0.4 is 5.32 Å². The quantitative estimate of drug-likeness (QED) is 0.827. The van der Waals surface area contributed by atoms with Gasteiger partial charge in [0.25, 0.3) is 0 Å². The van der Waals surface area contributed by atoms with Gasteiger partial charge >= 0.3 is 6.09 Å². The lowest BCUT2D eigenvalue weighted by molar-refractivity contribution is 0.0499. The average molecular weight is 251 g/mol. The summed E-state index contributed by atoms with van der Waals surface area (Å²) in [6, 6.07) is 6.96. The lowest BCUT2D eigenvalue weighted by Crippen LogP contribution is -2.34. The number of carbonyl (C=O) groups is 1. The van der Waals surface area contributed by atoms with E-state index in [4.69, 9.17) is 4.74 Å². The van der Waals surface area contributed by atoms with Crippen molar-refractivity contribution < 1.29 is 13.9 Å². The molecule has 1 aliphatic carbocycles. The second-order valence-electron chi connectivity index (χ2n) is 5.53. The zero-order valence-electron chi connectivity index (χ0n) is 10.9. The zero-order chi connectivity index (χ0) is 13.3. The third-order valence-electron chi connectivity index (χ3n) is 2.84. The van der Waals surface area contributed by atoms with Crippen molar-refractivity contribution >= 4 is 6.09 Å². The maximum Gasteiger partial charge on any atom is 0.408 e. The average Bonchev–Trinajstić information content (AvgIpc) is 2.54. The maximum absolute atomic E-state index is 13.8. The number of amides is 1. The summed E-state index contributed by atoms with van der Waals surface area (Å²) in [5.41, 5.74) is 0.964. The molecule has 1 aromatic rings. The summed E-state index contributed by atoms with van der Waals surface area (Å²) in [5.74, 6) is 0. The molecule has 98 valence electrons. The Morgan fingerprint density at radius 3 is 2.56 bits per heavy atom. The molecule has 0 fully saturated rings. The van der Waals surface area contributed by atoms with Gasteiger partial charge in [-0.05, 0) is 31.9 Å². The van der Waals surface area contributed by atoms with Crippen LogP contribution in [-0.4, -0.2) is 11.7 Å². The van der Waals surface area contributed by atoms with Gasteiger partial charge in [0.05, 0.1) is 6.04 Å². The highest BCUT2D eigenvalue weighted by molar-refractivity contribution is 5.68. The van der Waals surface area contributed by atoms with Gasteiger partial charge in [-0.25, -0.2) is 9.18 Å². The predicted octanol–water partition coefficient (Wildman–Crippen LogP) is 3.67. The molecule has 0 aliphatic heterocycles. The fourth-order valence-corrected chi connectivity index (χ4v) is 2.16. The molecular formula is C14H18FNO2. The Kier molecular flexibility index (Phi) is 3.28. The van der Waals surface area contributed by atoms with Gasteiger partial charge in [0, 0.05) is 6.42 Å². The van der Waals surface area contributed by atoms with Crippen molar-refractivity contribution in [1.29, 1.82) is 0 Å². The van der Waals surface area contributed by atoms with E-state index in [0.29, 0.717) is 5.56 Å². The van der Waals surface area contributed by atoms with Crippen LogP contribution in [0.15, 0.2) is 24.3 Å². The van der Waals surface area contributed by atoms with Crippen molar-refractivity contribution in [2.45, 2.75) is 45.0 Å². The molecule has 0 radical (unpaired) electrons. The molecule has 0 aromatic heterocycles. The van der Waals surface area contributed by atoms with E-state index in [-0.39, 0.29) is 12.5 Å². The molecule has 1 amide bonds. The summed E-state index contributed by atoms with van der Waals surface area (Å²) in [4.78, 5) is 11.7. The molecule has 0 heterocycles. The minimum Gasteiger partial charge on any atom is -0.444 e. The lowest BCUT2D eigenvalue weighted by atomic mass is 10.1. The van der Waals surface area contributed by atoms with E-state index in [1.165, 1.54) is 0 Å². The Hall–Kier alpha value is -1.58. The van der Waals surface area contributed by atoms with Crippen LogP contribution in [0, 0.1) is 0 Å². The predicted molar refractivity (Wildman–Crippen MR) is 67.0 cm³/mol. The maximum atomic E-state index is 13.8. The van der Waals surface area contributed by atoms with E-state index >= 15 is 0 Å². The van der Waals surface area contributed by atoms with Crippen molar-refractivity contribution in [2.75, 3.05) is 0 Å². The van der Waals surface area contributed by atoms with Crippen molar-refractivity contribution in [2.24, 2.45) is 0 Å². The van der Waals surface area contributed by atoms with E-state index in [9.17, 15) is 9.18 Å². The number of alkyl halides is 1. The largest absolute Gasteiger partial charge is 0.444 e. The number of benzene rings is 1. The smallest absolute Gasteiger partial charge is 0.408 e. The Labute approximate surface area is 106 Å². The highest BCUT2D eigenvalue weighted by atomic mass is 19.1. The molecule has 2 atom stereocenters. The molecular weight excluding hydrogens is 233 g/mol. The van der Waals surface area contributed by atoms with Gasteiger partial charge in [-0.3, -0.25) is 0 Å². The van der Waals surface area contributed by atoms with E-state index in [0.717, 1.165) is 5.56 Å². The van der Waals surface area contributed by atoms with Crippen LogP contribution in [0.4, 0.5) is 9.18 Å². The number of rotatable bonds is 1. The van der Waals surface area contributed by atoms with Crippen LogP contribution in [0.2, 0.25) is 0 Å². The number of carbonyl (C=O) groups excluding carboxylic acids is 1. The summed E-state index contributed by atoms with van der Waals surface area (Å²) in [5, 5.41) is 2.72. The summed E-state index contributed by atoms with van der Waals surface area (Å²) in [6.07, 6.45) is -1.24. The molecule has 0 spiro atoms. The normalized spacial score (nSPS) is 22.4. The Morgan fingerprint density at radius 2 is 1.94 bits per heavy atom. The minimum atomic E-state index is -1.01. The van der Waals surface area contributed by atoms with Crippen LogP contribution in [-0.2, 0) is 4.74 Å². The highest BCUT2D eigenvalue weighted by Crippen LogP contribution is 2.40. The first-order chi connectivity index (χ1) is 8.37. The van der Waals surface area contributed by atoms with E-state index in [1.807, 2.05) is 12.1 Å². The molecule has 0 bridgehead atoms. The fraction of sp³-hybridized carbons (Fsp3) is 0.500. The van der Waals surface area contributed by atoms with Gasteiger partial charge in [-0.1, -0.05) is 24.3 Å². The van der Waals surface area contributed by atoms with E-state index < -0.39 is 17.9 Å². The highest BCUT2D eigenvalue weighted by Gasteiger charge is 2.32. The third-order valence-corrected chi connectivity index (χ3v) is 2.84. The Bertz CT molecular complexity index is 453. The number of halogens is 1. The molecule has 1 aromatic carbocycles. The molecule has 0 saturated carbocycles. The van der Waals surface area contributed by atoms with Crippen LogP contribution in [0.5, 0.6) is 0 Å². The monoisotopic (exact) mass is 251 g/mol. The number of alkyl carbamates (subject to hydrolysis) is 1. The Morgan fingerprint density at radius 1 is 1.33 bits per heavy atom. The number of hydrogen-bond donors (Lipinski definition) is 1. The molecule has 3 nitrogen and oxygen atoms in total. The lowest BCUT2D eigenvalue weighted by Gasteiger charge is -2.22. The number of hydrogen-bond acceptors (Lipinski definition) is 2. The van der Waals surface area contributed by atoms with Gasteiger partial charge in [-0.15, -0.1) is 0 Å². The molecule has 18 heavy (non-hydrogen) atoms. The topological polar surface area (TPSA) is 38.3 Å². The van der Waals surface area contributed by atoms with Crippen LogP contribution in [0.1, 0.15) is 50.5 Å². The van der Waals surface area contributed by atoms with Gasteiger partial charge in [0.15, 0.2) is 0 Å². The van der Waals surface area contributed by atoms with Crippen molar-refractivity contribution in [1.82, 2.24) is 5.32 Å². The summed E-state index contributed by atoms with van der Waals surface area (Å²) < 4.78 is 18.9. The third kappa shape index (κ3) is 2.81. The molecule has 1 N–H and O–H groups in total. The Balaban J connectivity index is 2.07. The van der Waals surface area contributed by atoms with Crippen molar-refractivity contribution in [3.63, 3.8) is 0 Å². The fourth-order valence-electron chi connectivity index (χ4n) is 2.16. The standard InChI is InChI=1S/C14H18FNO2/c1-14(2,3)18-13(17)16-12-8-11(15)9-6-4-5-7-10(9)12/h4-7,11-12H,8H2,1-3H3,(H,16,17). The van der Waals surface area contributed by atoms with Crippen molar-refractivity contribution in [3.05, 3.63) is 35.4 Å². The van der Waals surface area contributed by atoms with E-state index in [2.05, 4.69) is 5.32 Å². The summed E-state index contributed by atoms with van der Waals surface area (Å²) in [7, 11) is 0. The minimum absolute atomic E-state index is 0.276. The molecule has 4 heteroatoms. The summed E-state index contributed by atoms with van der Waals surface area (Å²) >= 11 is 0. The van der Waals surface area contributed by atoms with Gasteiger partial charge in [0.2, 0.25) is 0 Å². The first kappa shape index (κ1) is 12.9. The second-order valence-corrected chi connectivity index (χ2v) is 5.53. The molecule has 1 aliphatic rings. The van der Waals surface area contributed by atoms with Crippen LogP contribution in [0.3, 0.4) is 0 Å². The first-order valence-corrected chi connectivity index (χ1v) is 6.09. The van der Waals surface area contributed by atoms with Gasteiger partial charge in [0.1, 0.15) is 11.8 Å². The van der Waals surface area contributed by atoms with E-state index in [1.54, 1.807) is 32.9 Å². The second kappa shape index (κ2) is 4.59. The SMILES string of the molecule is CC(C)(C)OC(=O)NC1CC(F)c2ccccc21. The van der Waals surface area contributed by atoms with Crippen molar-refractivity contribution in [3.8, 4) is 0 Å². The zero-order valence-corrected chi connectivity index (χ0v) is 10.9.